The number of fused-ring (bicyclic) bond motifs is 1. The maximum absolute atomic E-state index is 11.4. The van der Waals surface area contributed by atoms with Crippen LogP contribution in [0.3, 0.4) is 0 Å². The van der Waals surface area contributed by atoms with E-state index in [2.05, 4.69) is 27.4 Å². The summed E-state index contributed by atoms with van der Waals surface area (Å²) in [5.41, 5.74) is 2.89. The monoisotopic (exact) mass is 410 g/mol. The van der Waals surface area contributed by atoms with Crippen LogP contribution >= 0.6 is 11.3 Å². The van der Waals surface area contributed by atoms with E-state index in [0.717, 1.165) is 34.2 Å². The molecule has 0 unspecified atom stereocenters. The number of aromatic carboxylic acids is 1. The Kier molecular flexibility index (Phi) is 5.35. The molecule has 0 bridgehead atoms. The third-order valence-electron chi connectivity index (χ3n) is 5.09. The number of anilines is 3. The first-order valence-electron chi connectivity index (χ1n) is 9.36. The largest absolute Gasteiger partial charge is 0.493 e. The summed E-state index contributed by atoms with van der Waals surface area (Å²) >= 11 is 1.63. The van der Waals surface area contributed by atoms with Gasteiger partial charge in [-0.3, -0.25) is 4.98 Å². The summed E-state index contributed by atoms with van der Waals surface area (Å²) in [6.07, 6.45) is 3.90. The van der Waals surface area contributed by atoms with Crippen LogP contribution in [0.15, 0.2) is 42.0 Å². The minimum Gasteiger partial charge on any atom is -0.493 e. The van der Waals surface area contributed by atoms with Gasteiger partial charge in [0.2, 0.25) is 0 Å². The molecule has 2 N–H and O–H groups in total. The van der Waals surface area contributed by atoms with E-state index >= 15 is 0 Å². The molecule has 0 spiro atoms. The van der Waals surface area contributed by atoms with Gasteiger partial charge in [-0.05, 0) is 31.0 Å². The second-order valence-corrected chi connectivity index (χ2v) is 8.01. The maximum Gasteiger partial charge on any atom is 0.337 e. The highest BCUT2D eigenvalue weighted by molar-refractivity contribution is 7.09. The van der Waals surface area contributed by atoms with Crippen molar-refractivity contribution < 1.29 is 14.6 Å². The fraction of sp³-hybridized carbons (Fsp3) is 0.286. The van der Waals surface area contributed by atoms with Gasteiger partial charge in [-0.15, -0.1) is 11.3 Å². The predicted molar refractivity (Wildman–Crippen MR) is 114 cm³/mol. The summed E-state index contributed by atoms with van der Waals surface area (Å²) in [6.45, 7) is 3.23. The second-order valence-electron chi connectivity index (χ2n) is 6.95. The van der Waals surface area contributed by atoms with Gasteiger partial charge >= 0.3 is 5.97 Å². The highest BCUT2D eigenvalue weighted by atomic mass is 32.1. The fourth-order valence-corrected chi connectivity index (χ4v) is 4.10. The molecule has 1 aliphatic heterocycles. The maximum atomic E-state index is 11.4. The average molecular weight is 410 g/mol. The van der Waals surface area contributed by atoms with Crippen LogP contribution in [0.1, 0.15) is 33.3 Å². The van der Waals surface area contributed by atoms with Crippen molar-refractivity contribution >= 4 is 34.5 Å². The zero-order valence-corrected chi connectivity index (χ0v) is 17.1. The SMILES string of the molecule is Cc1nc(N(C)c2ccc3c(c2)OCC[C@H]3CNc2cnccc2C(=O)O)cs1. The number of carboxylic acid groups (broad SMARTS) is 1. The van der Waals surface area contributed by atoms with Crippen molar-refractivity contribution in [1.82, 2.24) is 9.97 Å². The summed E-state index contributed by atoms with van der Waals surface area (Å²) < 4.78 is 5.92. The highest BCUT2D eigenvalue weighted by Gasteiger charge is 2.23. The molecule has 0 radical (unpaired) electrons. The Morgan fingerprint density at radius 3 is 3.03 bits per heavy atom. The van der Waals surface area contributed by atoms with Crippen LogP contribution in [0.2, 0.25) is 0 Å². The van der Waals surface area contributed by atoms with Gasteiger partial charge in [0.1, 0.15) is 11.6 Å². The number of thiazole rings is 1. The van der Waals surface area contributed by atoms with Gasteiger partial charge in [0.25, 0.3) is 0 Å². The van der Waals surface area contributed by atoms with Gasteiger partial charge in [0, 0.05) is 42.8 Å². The molecule has 1 aliphatic rings. The first kappa shape index (κ1) is 19.2. The lowest BCUT2D eigenvalue weighted by Gasteiger charge is -2.28. The van der Waals surface area contributed by atoms with Crippen LogP contribution in [0.4, 0.5) is 17.2 Å². The van der Waals surface area contributed by atoms with Crippen LogP contribution in [0, 0.1) is 6.92 Å². The first-order chi connectivity index (χ1) is 14.0. The molecular formula is C21H22N4O3S. The minimum absolute atomic E-state index is 0.224. The number of aryl methyl sites for hydroxylation is 1. The Morgan fingerprint density at radius 1 is 1.41 bits per heavy atom. The average Bonchev–Trinajstić information content (AvgIpc) is 3.17. The second kappa shape index (κ2) is 8.08. The number of carboxylic acids is 1. The summed E-state index contributed by atoms with van der Waals surface area (Å²) in [6, 6.07) is 7.71. The normalized spacial score (nSPS) is 15.3. The quantitative estimate of drug-likeness (QED) is 0.627. The van der Waals surface area contributed by atoms with Crippen molar-refractivity contribution in [3.8, 4) is 5.75 Å². The Bertz CT molecular complexity index is 1040. The molecule has 0 aliphatic carbocycles. The number of hydrogen-bond acceptors (Lipinski definition) is 7. The van der Waals surface area contributed by atoms with Gasteiger partial charge in [0.15, 0.2) is 0 Å². The molecule has 150 valence electrons. The van der Waals surface area contributed by atoms with E-state index < -0.39 is 5.97 Å². The van der Waals surface area contributed by atoms with E-state index in [0.29, 0.717) is 18.8 Å². The summed E-state index contributed by atoms with van der Waals surface area (Å²) in [7, 11) is 1.99. The fourth-order valence-electron chi connectivity index (χ4n) is 3.47. The Morgan fingerprint density at radius 2 is 2.28 bits per heavy atom. The third kappa shape index (κ3) is 4.02. The summed E-state index contributed by atoms with van der Waals surface area (Å²) in [5, 5.41) is 15.7. The Hall–Kier alpha value is -3.13. The number of ether oxygens (including phenoxy) is 1. The van der Waals surface area contributed by atoms with E-state index in [-0.39, 0.29) is 11.5 Å². The van der Waals surface area contributed by atoms with E-state index in [1.54, 1.807) is 17.5 Å². The van der Waals surface area contributed by atoms with E-state index in [1.807, 2.05) is 30.3 Å². The number of pyridine rings is 1. The van der Waals surface area contributed by atoms with Crippen LogP contribution in [-0.4, -0.2) is 41.2 Å². The van der Waals surface area contributed by atoms with Crippen molar-refractivity contribution in [3.05, 3.63) is 58.2 Å². The molecule has 1 atom stereocenters. The summed E-state index contributed by atoms with van der Waals surface area (Å²) in [5.74, 6) is 1.04. The van der Waals surface area contributed by atoms with Crippen LogP contribution in [0.25, 0.3) is 0 Å². The number of nitrogens with zero attached hydrogens (tertiary/aromatic N) is 3. The molecule has 0 saturated carbocycles. The highest BCUT2D eigenvalue weighted by Crippen LogP contribution is 2.38. The minimum atomic E-state index is -0.966. The predicted octanol–water partition coefficient (Wildman–Crippen LogP) is 4.29. The lowest BCUT2D eigenvalue weighted by atomic mass is 9.92. The molecular weight excluding hydrogens is 388 g/mol. The zero-order chi connectivity index (χ0) is 20.4. The Labute approximate surface area is 173 Å². The topological polar surface area (TPSA) is 87.6 Å². The van der Waals surface area contributed by atoms with Crippen molar-refractivity contribution in [2.45, 2.75) is 19.3 Å². The van der Waals surface area contributed by atoms with E-state index in [9.17, 15) is 9.90 Å². The number of hydrogen-bond donors (Lipinski definition) is 2. The van der Waals surface area contributed by atoms with Gasteiger partial charge in [0.05, 0.1) is 29.1 Å². The molecule has 7 nitrogen and oxygen atoms in total. The molecule has 4 rings (SSSR count). The van der Waals surface area contributed by atoms with Gasteiger partial charge < -0.3 is 20.1 Å². The summed E-state index contributed by atoms with van der Waals surface area (Å²) in [4.78, 5) is 22.0. The number of aromatic nitrogens is 2. The van der Waals surface area contributed by atoms with Crippen LogP contribution < -0.4 is 15.0 Å². The molecule has 29 heavy (non-hydrogen) atoms. The van der Waals surface area contributed by atoms with Gasteiger partial charge in [-0.2, -0.15) is 0 Å². The molecule has 0 saturated heterocycles. The number of carbonyl (C=O) groups is 1. The number of rotatable bonds is 6. The molecule has 3 heterocycles. The Balaban J connectivity index is 1.52. The molecule has 0 amide bonds. The molecule has 8 heteroatoms. The van der Waals surface area contributed by atoms with Gasteiger partial charge in [-0.25, -0.2) is 9.78 Å². The van der Waals surface area contributed by atoms with Crippen molar-refractivity contribution in [3.63, 3.8) is 0 Å². The van der Waals surface area contributed by atoms with Crippen molar-refractivity contribution in [2.24, 2.45) is 0 Å². The van der Waals surface area contributed by atoms with E-state index in [1.165, 1.54) is 12.3 Å². The zero-order valence-electron chi connectivity index (χ0n) is 16.3. The van der Waals surface area contributed by atoms with E-state index in [4.69, 9.17) is 4.74 Å². The molecule has 2 aromatic heterocycles. The lowest BCUT2D eigenvalue weighted by Crippen LogP contribution is -2.22. The number of benzene rings is 1. The third-order valence-corrected chi connectivity index (χ3v) is 5.85. The molecule has 1 aromatic carbocycles. The number of nitrogens with one attached hydrogen (secondary N) is 1. The molecule has 0 fully saturated rings. The lowest BCUT2D eigenvalue weighted by molar-refractivity contribution is 0.0697. The van der Waals surface area contributed by atoms with Gasteiger partial charge in [-0.1, -0.05) is 6.07 Å². The molecule has 3 aromatic rings. The van der Waals surface area contributed by atoms with Crippen molar-refractivity contribution in [2.75, 3.05) is 30.4 Å². The van der Waals surface area contributed by atoms with Crippen LogP contribution in [0.5, 0.6) is 5.75 Å². The van der Waals surface area contributed by atoms with Crippen molar-refractivity contribution in [1.29, 1.82) is 0 Å². The van der Waals surface area contributed by atoms with Crippen LogP contribution in [-0.2, 0) is 0 Å². The smallest absolute Gasteiger partial charge is 0.337 e. The first-order valence-corrected chi connectivity index (χ1v) is 10.2. The standard InChI is InChI=1S/C21H22N4O3S/c1-13-24-20(12-29-13)25(2)15-3-4-16-14(6-8-28-19(16)9-15)10-23-18-11-22-7-5-17(18)21(26)27/h3-5,7,9,11-12,14,23H,6,8,10H2,1-2H3,(H,26,27)/t14-/m0/s1.